The number of amides is 3. The van der Waals surface area contributed by atoms with Gasteiger partial charge in [-0.3, -0.25) is 9.59 Å². The second-order valence-corrected chi connectivity index (χ2v) is 19.6. The standard InChI is InChI=1S/C24H36N2O3S.C19H28N2OS.CH4/c1-24(2,3)29-23(28)25-13-10-18(11-14-25)21-15-19(16-30-21)22(27)26-12-6-8-17-7-4-5-9-20(17)26;22-19(21-11-3-5-14-4-1-2-6-17(14)21)16-12-18(23-13-16)15-7-9-20-10-8-15;/h15-18,20H,4-14H2,1-3H3;12-15,17,20H,1-11H2;1H4. The maximum absolute atomic E-state index is 13.3. The number of rotatable bonds is 4. The summed E-state index contributed by atoms with van der Waals surface area (Å²) in [5.74, 6) is 3.11. The normalized spacial score (nSPS) is 26.8. The lowest BCUT2D eigenvalue weighted by Crippen LogP contribution is -2.49. The summed E-state index contributed by atoms with van der Waals surface area (Å²) in [5.41, 5.74) is 1.37. The summed E-state index contributed by atoms with van der Waals surface area (Å²) in [6.07, 6.45) is 19.3. The van der Waals surface area contributed by atoms with Gasteiger partial charge in [0.05, 0.1) is 11.1 Å². The van der Waals surface area contributed by atoms with E-state index in [9.17, 15) is 14.4 Å². The Morgan fingerprint density at radius 3 is 1.56 bits per heavy atom. The van der Waals surface area contributed by atoms with Crippen LogP contribution in [-0.4, -0.2) is 89.6 Å². The molecule has 4 atom stereocenters. The average Bonchev–Trinajstić information content (AvgIpc) is 3.89. The van der Waals surface area contributed by atoms with Gasteiger partial charge in [0, 0.05) is 58.8 Å². The third-order valence-electron chi connectivity index (χ3n) is 13.0. The number of hydrogen-bond donors (Lipinski definition) is 1. The van der Waals surface area contributed by atoms with Gasteiger partial charge >= 0.3 is 6.09 Å². The summed E-state index contributed by atoms with van der Waals surface area (Å²) < 4.78 is 5.50. The van der Waals surface area contributed by atoms with E-state index in [-0.39, 0.29) is 19.4 Å². The summed E-state index contributed by atoms with van der Waals surface area (Å²) in [5, 5.41) is 7.60. The summed E-state index contributed by atoms with van der Waals surface area (Å²) >= 11 is 3.52. The zero-order chi connectivity index (χ0) is 37.0. The molecular weight excluding hydrogens is 713 g/mol. The molecular formula is C44H68N4O4S2. The summed E-state index contributed by atoms with van der Waals surface area (Å²) in [6.45, 7) is 11.3. The second-order valence-electron chi connectivity index (χ2n) is 17.7. The number of nitrogens with one attached hydrogen (secondary N) is 1. The van der Waals surface area contributed by atoms with Gasteiger partial charge in [0.1, 0.15) is 5.60 Å². The SMILES string of the molecule is C.CC(C)(C)OC(=O)N1CCC(c2cc(C(=O)N3CCCC4CCCCC43)cs2)CC1.O=C(c1csc(C2CCNCC2)c1)N1CCCC2CCCCC21. The molecule has 4 aliphatic heterocycles. The Labute approximate surface area is 333 Å². The monoisotopic (exact) mass is 780 g/mol. The van der Waals surface area contributed by atoms with Crippen LogP contribution < -0.4 is 5.32 Å². The van der Waals surface area contributed by atoms with Crippen molar-refractivity contribution in [2.24, 2.45) is 11.8 Å². The molecule has 6 heterocycles. The van der Waals surface area contributed by atoms with Crippen molar-refractivity contribution in [2.45, 2.75) is 160 Å². The molecule has 300 valence electrons. The van der Waals surface area contributed by atoms with Crippen LogP contribution in [-0.2, 0) is 4.74 Å². The summed E-state index contributed by atoms with van der Waals surface area (Å²) in [7, 11) is 0. The Bertz CT molecular complexity index is 1530. The van der Waals surface area contributed by atoms with Crippen LogP contribution in [0.4, 0.5) is 4.79 Å². The van der Waals surface area contributed by atoms with Crippen molar-refractivity contribution in [3.8, 4) is 0 Å². The van der Waals surface area contributed by atoms with Crippen molar-refractivity contribution in [1.29, 1.82) is 0 Å². The van der Waals surface area contributed by atoms with E-state index in [1.165, 1.54) is 93.2 Å². The van der Waals surface area contributed by atoms with Crippen molar-refractivity contribution >= 4 is 40.6 Å². The van der Waals surface area contributed by atoms with Crippen LogP contribution in [0.3, 0.4) is 0 Å². The van der Waals surface area contributed by atoms with Crippen LogP contribution in [0, 0.1) is 11.8 Å². The molecule has 54 heavy (non-hydrogen) atoms. The Kier molecular flexibility index (Phi) is 14.3. The molecule has 6 aliphatic rings. The predicted octanol–water partition coefficient (Wildman–Crippen LogP) is 10.3. The number of carbonyl (C=O) groups is 3. The number of carbonyl (C=O) groups excluding carboxylic acids is 3. The van der Waals surface area contributed by atoms with Crippen LogP contribution >= 0.6 is 22.7 Å². The van der Waals surface area contributed by atoms with Crippen molar-refractivity contribution in [1.82, 2.24) is 20.0 Å². The highest BCUT2D eigenvalue weighted by molar-refractivity contribution is 7.10. The maximum Gasteiger partial charge on any atom is 0.410 e. The molecule has 0 bridgehead atoms. The minimum atomic E-state index is -0.456. The highest BCUT2D eigenvalue weighted by Crippen LogP contribution is 2.39. The fourth-order valence-electron chi connectivity index (χ4n) is 10.2. The van der Waals surface area contributed by atoms with Crippen molar-refractivity contribution < 1.29 is 19.1 Å². The Hall–Kier alpha value is -2.43. The van der Waals surface area contributed by atoms with Gasteiger partial charge in [-0.2, -0.15) is 0 Å². The third kappa shape index (κ3) is 9.92. The minimum Gasteiger partial charge on any atom is -0.444 e. The largest absolute Gasteiger partial charge is 0.444 e. The first-order valence-electron chi connectivity index (χ1n) is 21.1. The van der Waals surface area contributed by atoms with Gasteiger partial charge in [-0.05, 0) is 147 Å². The molecule has 2 aromatic heterocycles. The number of nitrogens with zero attached hydrogens (tertiary/aromatic N) is 3. The fourth-order valence-corrected chi connectivity index (χ4v) is 12.3. The molecule has 0 radical (unpaired) electrons. The van der Waals surface area contributed by atoms with Gasteiger partial charge in [-0.1, -0.05) is 33.1 Å². The van der Waals surface area contributed by atoms with E-state index in [0.717, 1.165) is 75.6 Å². The minimum absolute atomic E-state index is 0. The first-order chi connectivity index (χ1) is 25.6. The van der Waals surface area contributed by atoms with Crippen molar-refractivity contribution in [2.75, 3.05) is 39.3 Å². The topological polar surface area (TPSA) is 82.2 Å². The van der Waals surface area contributed by atoms with Crippen molar-refractivity contribution in [3.63, 3.8) is 0 Å². The molecule has 0 spiro atoms. The Morgan fingerprint density at radius 1 is 0.630 bits per heavy atom. The summed E-state index contributed by atoms with van der Waals surface area (Å²) in [6, 6.07) is 5.32. The van der Waals surface area contributed by atoms with E-state index < -0.39 is 5.60 Å². The number of thiophene rings is 2. The molecule has 6 fully saturated rings. The molecule has 2 aromatic rings. The quantitative estimate of drug-likeness (QED) is 0.334. The van der Waals surface area contributed by atoms with Gasteiger partial charge in [0.15, 0.2) is 0 Å². The van der Waals surface area contributed by atoms with E-state index in [1.807, 2.05) is 25.7 Å². The van der Waals surface area contributed by atoms with Gasteiger partial charge < -0.3 is 24.8 Å². The van der Waals surface area contributed by atoms with Crippen molar-refractivity contribution in [3.05, 3.63) is 43.8 Å². The zero-order valence-electron chi connectivity index (χ0n) is 32.6. The summed E-state index contributed by atoms with van der Waals surface area (Å²) in [4.78, 5) is 47.6. The van der Waals surface area contributed by atoms with Crippen LogP contribution in [0.5, 0.6) is 0 Å². The highest BCUT2D eigenvalue weighted by atomic mass is 32.1. The van der Waals surface area contributed by atoms with Gasteiger partial charge in [-0.25, -0.2) is 4.79 Å². The van der Waals surface area contributed by atoms with Crippen LogP contribution in [0.15, 0.2) is 22.9 Å². The van der Waals surface area contributed by atoms with Crippen LogP contribution in [0.25, 0.3) is 0 Å². The third-order valence-corrected chi connectivity index (χ3v) is 15.2. The van der Waals surface area contributed by atoms with Gasteiger partial charge in [-0.15, -0.1) is 22.7 Å². The molecule has 1 N–H and O–H groups in total. The molecule has 2 aliphatic carbocycles. The fraction of sp³-hybridized carbons (Fsp3) is 0.750. The molecule has 2 saturated carbocycles. The Balaban J connectivity index is 0.000000187. The van der Waals surface area contributed by atoms with E-state index in [0.29, 0.717) is 35.7 Å². The van der Waals surface area contributed by atoms with Gasteiger partial charge in [0.25, 0.3) is 11.8 Å². The molecule has 0 aromatic carbocycles. The molecule has 4 unspecified atom stereocenters. The lowest BCUT2D eigenvalue weighted by Gasteiger charge is -2.44. The molecule has 3 amide bonds. The molecule has 10 heteroatoms. The number of piperidine rings is 4. The van der Waals surface area contributed by atoms with E-state index in [2.05, 4.69) is 38.0 Å². The molecule has 8 rings (SSSR count). The first-order valence-corrected chi connectivity index (χ1v) is 22.9. The molecule has 8 nitrogen and oxygen atoms in total. The smallest absolute Gasteiger partial charge is 0.410 e. The van der Waals surface area contributed by atoms with E-state index in [4.69, 9.17) is 4.74 Å². The Morgan fingerprint density at radius 2 is 1.07 bits per heavy atom. The van der Waals surface area contributed by atoms with Gasteiger partial charge in [0.2, 0.25) is 0 Å². The average molecular weight is 781 g/mol. The predicted molar refractivity (Wildman–Crippen MR) is 222 cm³/mol. The lowest BCUT2D eigenvalue weighted by molar-refractivity contribution is 0.0205. The number of hydrogen-bond acceptors (Lipinski definition) is 7. The van der Waals surface area contributed by atoms with Crippen LogP contribution in [0.2, 0.25) is 0 Å². The highest BCUT2D eigenvalue weighted by Gasteiger charge is 2.38. The van der Waals surface area contributed by atoms with E-state index >= 15 is 0 Å². The number of likely N-dealkylation sites (tertiary alicyclic amines) is 3. The maximum atomic E-state index is 13.3. The zero-order valence-corrected chi connectivity index (χ0v) is 34.3. The van der Waals surface area contributed by atoms with E-state index in [1.54, 1.807) is 22.7 Å². The second kappa shape index (κ2) is 18.7. The first kappa shape index (κ1) is 41.2. The number of ether oxygens (including phenoxy) is 1. The molecule has 4 saturated heterocycles. The number of fused-ring (bicyclic) bond motifs is 2. The van der Waals surface area contributed by atoms with Crippen LogP contribution in [0.1, 0.15) is 173 Å². The lowest BCUT2D eigenvalue weighted by atomic mass is 9.78.